The molecule has 0 aliphatic heterocycles. The lowest BCUT2D eigenvalue weighted by atomic mass is 10.1. The molecule has 2 N–H and O–H groups in total. The van der Waals surface area contributed by atoms with E-state index >= 15 is 0 Å². The third-order valence-corrected chi connectivity index (χ3v) is 2.52. The van der Waals surface area contributed by atoms with Gasteiger partial charge in [-0.25, -0.2) is 4.39 Å². The molecule has 0 fully saturated rings. The van der Waals surface area contributed by atoms with Crippen LogP contribution < -0.4 is 10.6 Å². The van der Waals surface area contributed by atoms with Gasteiger partial charge in [-0.3, -0.25) is 4.79 Å². The highest BCUT2D eigenvalue weighted by molar-refractivity contribution is 5.93. The van der Waals surface area contributed by atoms with E-state index in [9.17, 15) is 9.18 Å². The van der Waals surface area contributed by atoms with Gasteiger partial charge in [0.2, 0.25) is 5.91 Å². The summed E-state index contributed by atoms with van der Waals surface area (Å²) in [5, 5.41) is 14.2. The normalized spacial score (nSPS) is 10.0. The number of nitriles is 1. The second kappa shape index (κ2) is 7.46. The summed E-state index contributed by atoms with van der Waals surface area (Å²) in [6.45, 7) is 2.70. The second-order valence-corrected chi connectivity index (χ2v) is 3.96. The zero-order chi connectivity index (χ0) is 14.3. The average molecular weight is 265 g/mol. The molecule has 0 saturated heterocycles. The Labute approximate surface area is 111 Å². The van der Waals surface area contributed by atoms with Crippen LogP contribution in [-0.4, -0.2) is 32.7 Å². The predicted molar refractivity (Wildman–Crippen MR) is 69.2 cm³/mol. The van der Waals surface area contributed by atoms with Gasteiger partial charge >= 0.3 is 0 Å². The van der Waals surface area contributed by atoms with Crippen LogP contribution in [0.4, 0.5) is 10.1 Å². The predicted octanol–water partition coefficient (Wildman–Crippen LogP) is 1.18. The monoisotopic (exact) mass is 265 g/mol. The van der Waals surface area contributed by atoms with E-state index in [1.165, 1.54) is 6.07 Å². The summed E-state index contributed by atoms with van der Waals surface area (Å²) in [4.78, 5) is 11.6. The number of hydrogen-bond acceptors (Lipinski definition) is 4. The Bertz CT molecular complexity index is 497. The number of hydrogen-bond donors (Lipinski definition) is 2. The molecule has 0 saturated carbocycles. The number of amides is 1. The van der Waals surface area contributed by atoms with Crippen molar-refractivity contribution in [2.75, 3.05) is 32.1 Å². The summed E-state index contributed by atoms with van der Waals surface area (Å²) in [6.07, 6.45) is 0. The maximum Gasteiger partial charge on any atom is 0.238 e. The van der Waals surface area contributed by atoms with Crippen molar-refractivity contribution in [1.82, 2.24) is 5.32 Å². The lowest BCUT2D eigenvalue weighted by Gasteiger charge is -2.10. The van der Waals surface area contributed by atoms with Gasteiger partial charge in [0.05, 0.1) is 24.8 Å². The van der Waals surface area contributed by atoms with Crippen molar-refractivity contribution in [3.05, 3.63) is 29.1 Å². The number of ether oxygens (including phenoxy) is 1. The Kier molecular flexibility index (Phi) is 5.93. The Morgan fingerprint density at radius 1 is 1.53 bits per heavy atom. The lowest BCUT2D eigenvalue weighted by molar-refractivity contribution is -0.115. The van der Waals surface area contributed by atoms with E-state index in [0.717, 1.165) is 6.07 Å². The van der Waals surface area contributed by atoms with Gasteiger partial charge in [-0.15, -0.1) is 0 Å². The molecule has 0 heterocycles. The minimum Gasteiger partial charge on any atom is -0.383 e. The first-order valence-corrected chi connectivity index (χ1v) is 5.78. The summed E-state index contributed by atoms with van der Waals surface area (Å²) in [7, 11) is 1.57. The third-order valence-electron chi connectivity index (χ3n) is 2.52. The number of rotatable bonds is 6. The van der Waals surface area contributed by atoms with Crippen molar-refractivity contribution in [3.8, 4) is 6.07 Å². The molecule has 0 unspecified atom stereocenters. The fourth-order valence-corrected chi connectivity index (χ4v) is 1.44. The van der Waals surface area contributed by atoms with Gasteiger partial charge in [-0.2, -0.15) is 5.26 Å². The number of benzene rings is 1. The molecule has 1 aromatic rings. The van der Waals surface area contributed by atoms with Gasteiger partial charge in [-0.05, 0) is 19.1 Å². The van der Waals surface area contributed by atoms with Gasteiger partial charge < -0.3 is 15.4 Å². The number of carbonyl (C=O) groups excluding carboxylic acids is 1. The standard InChI is InChI=1S/C13H16FN3O2/c1-9-11(14)5-10(7-15)6-12(9)17-13(18)8-16-3-4-19-2/h5-6,16H,3-4,8H2,1-2H3,(H,17,18). The molecule has 19 heavy (non-hydrogen) atoms. The molecular formula is C13H16FN3O2. The van der Waals surface area contributed by atoms with Crippen LogP contribution in [-0.2, 0) is 9.53 Å². The molecule has 0 atom stereocenters. The van der Waals surface area contributed by atoms with E-state index < -0.39 is 5.82 Å². The highest BCUT2D eigenvalue weighted by Gasteiger charge is 2.09. The minimum absolute atomic E-state index is 0.0984. The van der Waals surface area contributed by atoms with Crippen LogP contribution in [0, 0.1) is 24.1 Å². The quantitative estimate of drug-likeness (QED) is 0.757. The fraction of sp³-hybridized carbons (Fsp3) is 0.385. The number of nitrogens with zero attached hydrogens (tertiary/aromatic N) is 1. The molecule has 1 amide bonds. The van der Waals surface area contributed by atoms with Gasteiger partial charge in [0, 0.05) is 24.9 Å². The van der Waals surface area contributed by atoms with Crippen LogP contribution in [0.2, 0.25) is 0 Å². The van der Waals surface area contributed by atoms with Gasteiger partial charge in [0.15, 0.2) is 0 Å². The molecule has 0 bridgehead atoms. The number of halogens is 1. The summed E-state index contributed by atoms with van der Waals surface area (Å²) in [5.41, 5.74) is 0.796. The van der Waals surface area contributed by atoms with E-state index in [1.807, 2.05) is 6.07 Å². The molecule has 0 spiro atoms. The smallest absolute Gasteiger partial charge is 0.238 e. The first-order chi connectivity index (χ1) is 9.08. The maximum atomic E-state index is 13.5. The lowest BCUT2D eigenvalue weighted by Crippen LogP contribution is -2.30. The van der Waals surface area contributed by atoms with E-state index in [-0.39, 0.29) is 18.0 Å². The highest BCUT2D eigenvalue weighted by atomic mass is 19.1. The zero-order valence-electron chi connectivity index (χ0n) is 10.9. The summed E-state index contributed by atoms with van der Waals surface area (Å²) >= 11 is 0. The van der Waals surface area contributed by atoms with Crippen LogP contribution in [0.1, 0.15) is 11.1 Å². The van der Waals surface area contributed by atoms with Crippen LogP contribution >= 0.6 is 0 Å². The molecule has 0 aliphatic carbocycles. The molecule has 5 nitrogen and oxygen atoms in total. The number of anilines is 1. The van der Waals surface area contributed by atoms with Crippen molar-refractivity contribution in [3.63, 3.8) is 0 Å². The topological polar surface area (TPSA) is 74.2 Å². The first kappa shape index (κ1) is 15.1. The van der Waals surface area contributed by atoms with Crippen molar-refractivity contribution >= 4 is 11.6 Å². The molecule has 0 aromatic heterocycles. The highest BCUT2D eigenvalue weighted by Crippen LogP contribution is 2.20. The van der Waals surface area contributed by atoms with Gasteiger partial charge in [0.1, 0.15) is 5.82 Å². The number of nitrogens with one attached hydrogen (secondary N) is 2. The molecule has 0 radical (unpaired) electrons. The van der Waals surface area contributed by atoms with Crippen molar-refractivity contribution in [2.45, 2.75) is 6.92 Å². The fourth-order valence-electron chi connectivity index (χ4n) is 1.44. The first-order valence-electron chi connectivity index (χ1n) is 5.78. The van der Waals surface area contributed by atoms with Crippen LogP contribution in [0.3, 0.4) is 0 Å². The van der Waals surface area contributed by atoms with E-state index in [0.29, 0.717) is 24.4 Å². The second-order valence-electron chi connectivity index (χ2n) is 3.96. The summed E-state index contributed by atoms with van der Waals surface area (Å²) in [5.74, 6) is -0.810. The van der Waals surface area contributed by atoms with Crippen molar-refractivity contribution in [1.29, 1.82) is 5.26 Å². The van der Waals surface area contributed by atoms with E-state index in [2.05, 4.69) is 10.6 Å². The van der Waals surface area contributed by atoms with Crippen molar-refractivity contribution < 1.29 is 13.9 Å². The Morgan fingerprint density at radius 2 is 2.26 bits per heavy atom. The zero-order valence-corrected chi connectivity index (χ0v) is 10.9. The maximum absolute atomic E-state index is 13.5. The van der Waals surface area contributed by atoms with E-state index in [4.69, 9.17) is 10.00 Å². The summed E-state index contributed by atoms with van der Waals surface area (Å²) in [6, 6.07) is 4.44. The Balaban J connectivity index is 2.64. The molecule has 1 aromatic carbocycles. The SMILES string of the molecule is COCCNCC(=O)Nc1cc(C#N)cc(F)c1C. The molecular weight excluding hydrogens is 249 g/mol. The molecule has 0 aliphatic rings. The number of carbonyl (C=O) groups is 1. The van der Waals surface area contributed by atoms with Crippen LogP contribution in [0.25, 0.3) is 0 Å². The minimum atomic E-state index is -0.512. The largest absolute Gasteiger partial charge is 0.383 e. The number of methoxy groups -OCH3 is 1. The van der Waals surface area contributed by atoms with Crippen molar-refractivity contribution in [2.24, 2.45) is 0 Å². The van der Waals surface area contributed by atoms with Gasteiger partial charge in [-0.1, -0.05) is 0 Å². The average Bonchev–Trinajstić information content (AvgIpc) is 2.39. The molecule has 102 valence electrons. The Morgan fingerprint density at radius 3 is 2.89 bits per heavy atom. The molecule has 1 rings (SSSR count). The molecule has 6 heteroatoms. The third kappa shape index (κ3) is 4.66. The van der Waals surface area contributed by atoms with Crippen LogP contribution in [0.5, 0.6) is 0 Å². The van der Waals surface area contributed by atoms with Crippen LogP contribution in [0.15, 0.2) is 12.1 Å². The summed E-state index contributed by atoms with van der Waals surface area (Å²) < 4.78 is 18.3. The Hall–Kier alpha value is -1.97. The van der Waals surface area contributed by atoms with E-state index in [1.54, 1.807) is 14.0 Å². The van der Waals surface area contributed by atoms with Gasteiger partial charge in [0.25, 0.3) is 0 Å².